The maximum atomic E-state index is 12.2. The van der Waals surface area contributed by atoms with Gasteiger partial charge in [-0.1, -0.05) is 29.8 Å². The van der Waals surface area contributed by atoms with Crippen LogP contribution in [0.4, 0.5) is 5.69 Å². The summed E-state index contributed by atoms with van der Waals surface area (Å²) >= 11 is 0. The number of amides is 2. The highest BCUT2D eigenvalue weighted by atomic mass is 16.3. The number of hydrogen-bond donors (Lipinski definition) is 2. The van der Waals surface area contributed by atoms with Crippen LogP contribution in [-0.2, 0) is 0 Å². The van der Waals surface area contributed by atoms with Crippen LogP contribution in [0, 0.1) is 6.92 Å². The molecule has 1 atom stereocenters. The van der Waals surface area contributed by atoms with E-state index in [2.05, 4.69) is 5.32 Å². The van der Waals surface area contributed by atoms with Crippen molar-refractivity contribution in [2.45, 2.75) is 13.0 Å². The lowest BCUT2D eigenvalue weighted by atomic mass is 10.1. The van der Waals surface area contributed by atoms with Crippen molar-refractivity contribution in [1.29, 1.82) is 0 Å². The second kappa shape index (κ2) is 6.22. The molecule has 0 bridgehead atoms. The molecule has 1 unspecified atom stereocenters. The Morgan fingerprint density at radius 1 is 1.00 bits per heavy atom. The summed E-state index contributed by atoms with van der Waals surface area (Å²) in [5.74, 6) is -0.694. The van der Waals surface area contributed by atoms with E-state index in [0.717, 1.165) is 16.2 Å². The van der Waals surface area contributed by atoms with Gasteiger partial charge in [0.15, 0.2) is 0 Å². The van der Waals surface area contributed by atoms with Gasteiger partial charge in [-0.15, -0.1) is 0 Å². The molecule has 0 fully saturated rings. The lowest BCUT2D eigenvalue weighted by Gasteiger charge is -2.19. The molecule has 0 radical (unpaired) electrons. The van der Waals surface area contributed by atoms with Crippen molar-refractivity contribution in [3.8, 4) is 0 Å². The molecule has 1 heterocycles. The maximum Gasteiger partial charge on any atom is 0.261 e. The fourth-order valence-corrected chi connectivity index (χ4v) is 2.59. The average molecular weight is 310 g/mol. The van der Waals surface area contributed by atoms with Crippen molar-refractivity contribution in [1.82, 2.24) is 4.90 Å². The molecule has 0 saturated heterocycles. The first-order chi connectivity index (χ1) is 11.1. The molecule has 0 saturated carbocycles. The van der Waals surface area contributed by atoms with Crippen molar-refractivity contribution in [3.63, 3.8) is 0 Å². The highest BCUT2D eigenvalue weighted by Gasteiger charge is 2.35. The summed E-state index contributed by atoms with van der Waals surface area (Å²) in [4.78, 5) is 25.6. The first-order valence-electron chi connectivity index (χ1n) is 7.50. The summed E-state index contributed by atoms with van der Waals surface area (Å²) in [6.07, 6.45) is -0.835. The number of nitrogens with zero attached hydrogens (tertiary/aromatic N) is 1. The molecule has 2 N–H and O–H groups in total. The van der Waals surface area contributed by atoms with E-state index < -0.39 is 6.10 Å². The SMILES string of the molecule is Cc1ccc(NCC(O)CN2C(=O)c3ccccc3C2=O)cc1. The largest absolute Gasteiger partial charge is 0.389 e. The van der Waals surface area contributed by atoms with Crippen LogP contribution < -0.4 is 5.32 Å². The van der Waals surface area contributed by atoms with E-state index in [1.54, 1.807) is 24.3 Å². The Bertz CT molecular complexity index is 705. The zero-order valence-corrected chi connectivity index (χ0v) is 12.8. The average Bonchev–Trinajstić information content (AvgIpc) is 2.80. The number of aryl methyl sites for hydroxylation is 1. The number of rotatable bonds is 5. The Labute approximate surface area is 134 Å². The van der Waals surface area contributed by atoms with E-state index in [9.17, 15) is 14.7 Å². The molecule has 0 aromatic heterocycles. The summed E-state index contributed by atoms with van der Waals surface area (Å²) in [7, 11) is 0. The van der Waals surface area contributed by atoms with E-state index >= 15 is 0 Å². The van der Waals surface area contributed by atoms with E-state index in [0.29, 0.717) is 11.1 Å². The summed E-state index contributed by atoms with van der Waals surface area (Å²) in [6.45, 7) is 2.24. The predicted molar refractivity (Wildman–Crippen MR) is 87.5 cm³/mol. The molecule has 118 valence electrons. The van der Waals surface area contributed by atoms with Gasteiger partial charge in [-0.25, -0.2) is 0 Å². The number of aliphatic hydroxyl groups excluding tert-OH is 1. The number of fused-ring (bicyclic) bond motifs is 1. The summed E-state index contributed by atoms with van der Waals surface area (Å²) in [5, 5.41) is 13.2. The lowest BCUT2D eigenvalue weighted by Crippen LogP contribution is -2.39. The summed E-state index contributed by atoms with van der Waals surface area (Å²) in [5.41, 5.74) is 2.84. The smallest absolute Gasteiger partial charge is 0.261 e. The first kappa shape index (κ1) is 15.2. The van der Waals surface area contributed by atoms with Crippen LogP contribution in [0.5, 0.6) is 0 Å². The molecule has 2 aromatic carbocycles. The molecular weight excluding hydrogens is 292 g/mol. The van der Waals surface area contributed by atoms with Crippen LogP contribution in [-0.4, -0.2) is 41.0 Å². The summed E-state index contributed by atoms with van der Waals surface area (Å²) in [6, 6.07) is 14.5. The normalized spacial score (nSPS) is 14.8. The standard InChI is InChI=1S/C18H18N2O3/c1-12-6-8-13(9-7-12)19-10-14(21)11-20-17(22)15-4-2-3-5-16(15)18(20)23/h2-9,14,19,21H,10-11H2,1H3. The Morgan fingerprint density at radius 3 is 2.13 bits per heavy atom. The number of β-amino-alcohol motifs (C(OH)–C–C–N with tert-alkyl or cyclic N) is 1. The predicted octanol–water partition coefficient (Wildman–Crippen LogP) is 2.06. The fraction of sp³-hybridized carbons (Fsp3) is 0.222. The molecule has 1 aliphatic heterocycles. The van der Waals surface area contributed by atoms with Gasteiger partial charge in [-0.3, -0.25) is 14.5 Å². The quantitative estimate of drug-likeness (QED) is 0.830. The number of hydrogen-bond acceptors (Lipinski definition) is 4. The van der Waals surface area contributed by atoms with Gasteiger partial charge in [0.1, 0.15) is 0 Å². The first-order valence-corrected chi connectivity index (χ1v) is 7.50. The van der Waals surface area contributed by atoms with Crippen LogP contribution in [0.3, 0.4) is 0 Å². The second-order valence-corrected chi connectivity index (χ2v) is 5.67. The van der Waals surface area contributed by atoms with Gasteiger partial charge in [0.05, 0.1) is 23.8 Å². The van der Waals surface area contributed by atoms with E-state index in [1.807, 2.05) is 31.2 Å². The third-order valence-corrected chi connectivity index (χ3v) is 3.86. The molecule has 0 spiro atoms. The Morgan fingerprint density at radius 2 is 1.57 bits per heavy atom. The number of anilines is 1. The minimum Gasteiger partial charge on any atom is -0.389 e. The highest BCUT2D eigenvalue weighted by Crippen LogP contribution is 2.22. The Balaban J connectivity index is 1.60. The number of benzene rings is 2. The number of carbonyl (C=O) groups is 2. The van der Waals surface area contributed by atoms with Gasteiger partial charge >= 0.3 is 0 Å². The third kappa shape index (κ3) is 3.10. The van der Waals surface area contributed by atoms with Crippen LogP contribution in [0.25, 0.3) is 0 Å². The van der Waals surface area contributed by atoms with Gasteiger partial charge < -0.3 is 10.4 Å². The van der Waals surface area contributed by atoms with Gasteiger partial charge in [0.2, 0.25) is 0 Å². The van der Waals surface area contributed by atoms with Crippen molar-refractivity contribution < 1.29 is 14.7 Å². The van der Waals surface area contributed by atoms with E-state index in [-0.39, 0.29) is 24.9 Å². The Kier molecular flexibility index (Phi) is 4.12. The van der Waals surface area contributed by atoms with Gasteiger partial charge in [0.25, 0.3) is 11.8 Å². The van der Waals surface area contributed by atoms with Crippen molar-refractivity contribution in [3.05, 3.63) is 65.2 Å². The maximum absolute atomic E-state index is 12.2. The number of nitrogens with one attached hydrogen (secondary N) is 1. The molecule has 3 rings (SSSR count). The molecule has 5 nitrogen and oxygen atoms in total. The number of aliphatic hydroxyl groups is 1. The second-order valence-electron chi connectivity index (χ2n) is 5.67. The molecule has 1 aliphatic rings. The number of imide groups is 1. The molecule has 5 heteroatoms. The van der Waals surface area contributed by atoms with Crippen molar-refractivity contribution in [2.75, 3.05) is 18.4 Å². The van der Waals surface area contributed by atoms with Gasteiger partial charge in [-0.2, -0.15) is 0 Å². The topological polar surface area (TPSA) is 69.6 Å². The zero-order chi connectivity index (χ0) is 16.4. The molecular formula is C18H18N2O3. The summed E-state index contributed by atoms with van der Waals surface area (Å²) < 4.78 is 0. The third-order valence-electron chi connectivity index (χ3n) is 3.86. The Hall–Kier alpha value is -2.66. The zero-order valence-electron chi connectivity index (χ0n) is 12.8. The lowest BCUT2D eigenvalue weighted by molar-refractivity contribution is 0.0558. The monoisotopic (exact) mass is 310 g/mol. The minimum absolute atomic E-state index is 0.0226. The van der Waals surface area contributed by atoms with Crippen molar-refractivity contribution in [2.24, 2.45) is 0 Å². The minimum atomic E-state index is -0.835. The van der Waals surface area contributed by atoms with E-state index in [4.69, 9.17) is 0 Å². The molecule has 23 heavy (non-hydrogen) atoms. The van der Waals surface area contributed by atoms with Crippen LogP contribution in [0.2, 0.25) is 0 Å². The fourth-order valence-electron chi connectivity index (χ4n) is 2.59. The van der Waals surface area contributed by atoms with Gasteiger partial charge in [-0.05, 0) is 31.2 Å². The van der Waals surface area contributed by atoms with Gasteiger partial charge in [0, 0.05) is 12.2 Å². The van der Waals surface area contributed by atoms with E-state index in [1.165, 1.54) is 0 Å². The van der Waals surface area contributed by atoms with Crippen LogP contribution in [0.15, 0.2) is 48.5 Å². The highest BCUT2D eigenvalue weighted by molar-refractivity contribution is 6.21. The van der Waals surface area contributed by atoms with Crippen molar-refractivity contribution >= 4 is 17.5 Å². The van der Waals surface area contributed by atoms with Crippen LogP contribution in [0.1, 0.15) is 26.3 Å². The molecule has 2 aromatic rings. The number of carbonyl (C=O) groups excluding carboxylic acids is 2. The molecule has 0 aliphatic carbocycles. The van der Waals surface area contributed by atoms with Crippen LogP contribution >= 0.6 is 0 Å². The molecule has 2 amide bonds.